The highest BCUT2D eigenvalue weighted by Crippen LogP contribution is 2.61. The van der Waals surface area contributed by atoms with Crippen LogP contribution in [0.25, 0.3) is 11.1 Å². The van der Waals surface area contributed by atoms with Crippen molar-refractivity contribution in [1.82, 2.24) is 4.98 Å². The molecule has 37 heavy (non-hydrogen) atoms. The average molecular weight is 506 g/mol. The number of carbonyl (C=O) groups is 1. The van der Waals surface area contributed by atoms with E-state index in [9.17, 15) is 14.3 Å². The zero-order valence-corrected chi connectivity index (χ0v) is 21.6. The van der Waals surface area contributed by atoms with Crippen LogP contribution in [0.2, 0.25) is 0 Å². The molecule has 1 saturated carbocycles. The van der Waals surface area contributed by atoms with E-state index < -0.39 is 6.10 Å². The van der Waals surface area contributed by atoms with Gasteiger partial charge in [-0.1, -0.05) is 6.07 Å². The molecule has 7 heteroatoms. The van der Waals surface area contributed by atoms with Crippen LogP contribution < -0.4 is 9.47 Å². The number of aliphatic hydroxyl groups excluding tert-OH is 1. The monoisotopic (exact) mass is 505 g/mol. The van der Waals surface area contributed by atoms with Gasteiger partial charge in [-0.05, 0) is 97.7 Å². The number of carbonyl (C=O) groups excluding carboxylic acids is 1. The number of aromatic nitrogens is 1. The van der Waals surface area contributed by atoms with Gasteiger partial charge in [0.2, 0.25) is 5.88 Å². The number of aliphatic hydroxyl groups is 1. The fourth-order valence-electron chi connectivity index (χ4n) is 5.58. The number of pyridine rings is 1. The molecule has 2 aliphatic carbocycles. The van der Waals surface area contributed by atoms with Crippen LogP contribution in [0.5, 0.6) is 11.6 Å². The lowest BCUT2D eigenvalue weighted by Gasteiger charge is -2.16. The van der Waals surface area contributed by atoms with Gasteiger partial charge in [0.25, 0.3) is 0 Å². The van der Waals surface area contributed by atoms with Crippen molar-refractivity contribution >= 4 is 5.97 Å². The Kier molecular flexibility index (Phi) is 6.90. The molecular weight excluding hydrogens is 473 g/mol. The number of esters is 1. The van der Waals surface area contributed by atoms with Crippen molar-refractivity contribution < 1.29 is 28.5 Å². The van der Waals surface area contributed by atoms with E-state index in [0.717, 1.165) is 39.8 Å². The van der Waals surface area contributed by atoms with E-state index in [4.69, 9.17) is 14.2 Å². The van der Waals surface area contributed by atoms with E-state index in [1.54, 1.807) is 19.2 Å². The third-order valence-electron chi connectivity index (χ3n) is 7.25. The van der Waals surface area contributed by atoms with Crippen LogP contribution in [-0.2, 0) is 22.6 Å². The molecule has 194 valence electrons. The minimum absolute atomic E-state index is 0.0522. The highest BCUT2D eigenvalue weighted by Gasteiger charge is 2.60. The number of benzene rings is 2. The quantitative estimate of drug-likeness (QED) is 0.398. The van der Waals surface area contributed by atoms with E-state index in [1.807, 2.05) is 45.0 Å². The summed E-state index contributed by atoms with van der Waals surface area (Å²) in [5, 5.41) is 9.49. The molecule has 2 aromatic carbocycles. The van der Waals surface area contributed by atoms with Crippen molar-refractivity contribution in [2.24, 2.45) is 11.8 Å². The minimum Gasteiger partial charge on any atom is -0.491 e. The Bertz CT molecular complexity index is 1310. The number of ether oxygens (including phenoxy) is 3. The van der Waals surface area contributed by atoms with E-state index in [1.165, 1.54) is 6.07 Å². The lowest BCUT2D eigenvalue weighted by atomic mass is 9.94. The normalized spacial score (nSPS) is 20.1. The largest absolute Gasteiger partial charge is 0.491 e. The molecule has 4 unspecified atom stereocenters. The summed E-state index contributed by atoms with van der Waals surface area (Å²) in [5.41, 5.74) is 6.58. The molecular formula is C30H32FNO5. The van der Waals surface area contributed by atoms with Crippen LogP contribution in [0.1, 0.15) is 47.6 Å². The first kappa shape index (κ1) is 25.2. The topological polar surface area (TPSA) is 77.9 Å². The molecule has 0 spiro atoms. The summed E-state index contributed by atoms with van der Waals surface area (Å²) >= 11 is 0. The predicted molar refractivity (Wildman–Crippen MR) is 137 cm³/mol. The van der Waals surface area contributed by atoms with Crippen LogP contribution in [0, 0.1) is 31.5 Å². The Morgan fingerprint density at radius 1 is 1.16 bits per heavy atom. The number of halogens is 1. The summed E-state index contributed by atoms with van der Waals surface area (Å²) in [6.45, 7) is 8.15. The maximum Gasteiger partial charge on any atom is 0.309 e. The number of hydrogen-bond acceptors (Lipinski definition) is 6. The van der Waals surface area contributed by atoms with Gasteiger partial charge in [0.05, 0.1) is 18.6 Å². The summed E-state index contributed by atoms with van der Waals surface area (Å²) in [5.74, 6) is 1.12. The van der Waals surface area contributed by atoms with Crippen molar-refractivity contribution in [3.63, 3.8) is 0 Å². The van der Waals surface area contributed by atoms with Crippen LogP contribution >= 0.6 is 0 Å². The molecule has 1 fully saturated rings. The van der Waals surface area contributed by atoms with E-state index in [-0.39, 0.29) is 42.8 Å². The molecule has 0 amide bonds. The smallest absolute Gasteiger partial charge is 0.309 e. The van der Waals surface area contributed by atoms with Crippen molar-refractivity contribution in [3.05, 3.63) is 76.2 Å². The molecule has 6 nitrogen and oxygen atoms in total. The third-order valence-corrected chi connectivity index (χ3v) is 7.25. The lowest BCUT2D eigenvalue weighted by molar-refractivity contribution is -0.145. The van der Waals surface area contributed by atoms with Crippen LogP contribution in [-0.4, -0.2) is 35.4 Å². The Morgan fingerprint density at radius 2 is 1.92 bits per heavy atom. The van der Waals surface area contributed by atoms with Gasteiger partial charge in [-0.3, -0.25) is 4.79 Å². The molecule has 0 bridgehead atoms. The zero-order chi connectivity index (χ0) is 26.3. The summed E-state index contributed by atoms with van der Waals surface area (Å²) in [7, 11) is 0. The van der Waals surface area contributed by atoms with Crippen LogP contribution in [0.3, 0.4) is 0 Å². The molecule has 2 aliphatic rings. The first-order chi connectivity index (χ1) is 17.8. The third kappa shape index (κ3) is 5.05. The van der Waals surface area contributed by atoms with Gasteiger partial charge >= 0.3 is 5.97 Å². The Hall–Kier alpha value is -3.45. The summed E-state index contributed by atoms with van der Waals surface area (Å²) in [6, 6.07) is 10.8. The molecule has 0 saturated heterocycles. The maximum atomic E-state index is 14.7. The molecule has 0 aliphatic heterocycles. The van der Waals surface area contributed by atoms with Gasteiger partial charge in [0.15, 0.2) is 0 Å². The van der Waals surface area contributed by atoms with Crippen molar-refractivity contribution in [1.29, 1.82) is 0 Å². The number of aryl methyl sites for hydroxylation is 2. The number of rotatable bonds is 9. The number of nitrogens with zero attached hydrogens (tertiary/aromatic N) is 1. The minimum atomic E-state index is -0.549. The van der Waals surface area contributed by atoms with Gasteiger partial charge in [-0.15, -0.1) is 0 Å². The Morgan fingerprint density at radius 3 is 2.62 bits per heavy atom. The summed E-state index contributed by atoms with van der Waals surface area (Å²) in [6.07, 6.45) is 2.05. The molecule has 4 atom stereocenters. The van der Waals surface area contributed by atoms with Crippen LogP contribution in [0.15, 0.2) is 42.6 Å². The highest BCUT2D eigenvalue weighted by molar-refractivity contribution is 5.79. The van der Waals surface area contributed by atoms with Gasteiger partial charge < -0.3 is 19.3 Å². The van der Waals surface area contributed by atoms with Crippen LogP contribution in [0.4, 0.5) is 4.39 Å². The average Bonchev–Trinajstić information content (AvgIpc) is 3.44. The second-order valence-electron chi connectivity index (χ2n) is 10.1. The molecule has 1 heterocycles. The fourth-order valence-corrected chi connectivity index (χ4v) is 5.58. The van der Waals surface area contributed by atoms with Gasteiger partial charge in [0, 0.05) is 23.7 Å². The van der Waals surface area contributed by atoms with Crippen molar-refractivity contribution in [2.45, 2.75) is 52.7 Å². The van der Waals surface area contributed by atoms with Gasteiger partial charge in [-0.25, -0.2) is 9.37 Å². The predicted octanol–water partition coefficient (Wildman–Crippen LogP) is 5.29. The highest BCUT2D eigenvalue weighted by atomic mass is 19.1. The van der Waals surface area contributed by atoms with Crippen molar-refractivity contribution in [3.8, 4) is 22.8 Å². The lowest BCUT2D eigenvalue weighted by Crippen LogP contribution is -2.13. The summed E-state index contributed by atoms with van der Waals surface area (Å²) < 4.78 is 31.4. The van der Waals surface area contributed by atoms with Crippen molar-refractivity contribution in [2.75, 3.05) is 13.2 Å². The number of hydrogen-bond donors (Lipinski definition) is 1. The van der Waals surface area contributed by atoms with Gasteiger partial charge in [0.1, 0.15) is 24.8 Å². The van der Waals surface area contributed by atoms with E-state index in [0.29, 0.717) is 23.8 Å². The fraction of sp³-hybridized carbons (Fsp3) is 0.400. The Balaban J connectivity index is 1.29. The standard InChI is InChI=1S/C30H32FNO5/c1-5-35-30(34)29-23-11-20-12-26(32-13-24(20)28(23)29)37-15-21-10-19(6-7-25(21)31)27-16(2)8-22(9-17(27)3)36-14-18(4)33/h6-10,12-13,18,23,28-29,33H,5,11,14-15H2,1-4H3. The molecule has 5 rings (SSSR count). The second-order valence-corrected chi connectivity index (χ2v) is 10.1. The molecule has 0 radical (unpaired) electrons. The summed E-state index contributed by atoms with van der Waals surface area (Å²) in [4.78, 5) is 16.5. The second kappa shape index (κ2) is 10.1. The van der Waals surface area contributed by atoms with E-state index in [2.05, 4.69) is 4.98 Å². The maximum absolute atomic E-state index is 14.7. The SMILES string of the molecule is CCOC(=O)C1C2Cc3cc(OCc4cc(-c5c(C)cc(OCC(C)O)cc5C)ccc4F)ncc3C21. The Labute approximate surface area is 216 Å². The first-order valence-electron chi connectivity index (χ1n) is 12.8. The molecule has 1 aromatic heterocycles. The molecule has 3 aromatic rings. The number of fused-ring (bicyclic) bond motifs is 3. The first-order valence-corrected chi connectivity index (χ1v) is 12.8. The van der Waals surface area contributed by atoms with Gasteiger partial charge in [-0.2, -0.15) is 0 Å². The molecule has 1 N–H and O–H groups in total. The van der Waals surface area contributed by atoms with E-state index >= 15 is 0 Å². The zero-order valence-electron chi connectivity index (χ0n) is 21.6.